The molecule has 3 aromatic carbocycles. The minimum Gasteiger partial charge on any atom is -0.346 e. The van der Waals surface area contributed by atoms with Gasteiger partial charge in [-0.05, 0) is 79.9 Å². The summed E-state index contributed by atoms with van der Waals surface area (Å²) in [4.78, 5) is 12.5. The monoisotopic (exact) mass is 460 g/mol. The SMILES string of the molecule is Cc1ccc(NS(=O)(=O)c2cc(C(=O)NC(C)c3ccc(F)cc3)ccc2Cl)cc1C. The van der Waals surface area contributed by atoms with Gasteiger partial charge in [0.2, 0.25) is 0 Å². The second kappa shape index (κ2) is 9.08. The number of rotatable bonds is 6. The summed E-state index contributed by atoms with van der Waals surface area (Å²) in [5, 5.41) is 2.77. The first-order valence-corrected chi connectivity index (χ1v) is 11.4. The number of amides is 1. The van der Waals surface area contributed by atoms with E-state index in [4.69, 9.17) is 11.6 Å². The Bertz CT molecular complexity index is 1230. The minimum atomic E-state index is -4.02. The highest BCUT2D eigenvalue weighted by Crippen LogP contribution is 2.26. The van der Waals surface area contributed by atoms with Gasteiger partial charge < -0.3 is 5.32 Å². The Morgan fingerprint density at radius 2 is 1.65 bits per heavy atom. The van der Waals surface area contributed by atoms with E-state index in [0.717, 1.165) is 11.1 Å². The molecular weight excluding hydrogens is 439 g/mol. The zero-order valence-corrected chi connectivity index (χ0v) is 18.8. The standard InChI is InChI=1S/C23H22ClFN2O3S/c1-14-4-10-20(12-15(14)2)27-31(29,30)22-13-18(7-11-21(22)24)23(28)26-16(3)17-5-8-19(25)9-6-17/h4-13,16,27H,1-3H3,(H,26,28). The summed E-state index contributed by atoms with van der Waals surface area (Å²) >= 11 is 6.14. The zero-order chi connectivity index (χ0) is 22.8. The number of benzene rings is 3. The third-order valence-corrected chi connectivity index (χ3v) is 6.82. The molecular formula is C23H22ClFN2O3S. The van der Waals surface area contributed by atoms with Crippen molar-refractivity contribution < 1.29 is 17.6 Å². The van der Waals surface area contributed by atoms with Crippen LogP contribution < -0.4 is 10.0 Å². The summed E-state index contributed by atoms with van der Waals surface area (Å²) in [5.41, 5.74) is 3.23. The molecule has 0 fully saturated rings. The maximum atomic E-state index is 13.1. The molecule has 1 amide bonds. The molecule has 5 nitrogen and oxygen atoms in total. The van der Waals surface area contributed by atoms with Crippen LogP contribution in [0.15, 0.2) is 65.6 Å². The van der Waals surface area contributed by atoms with E-state index in [0.29, 0.717) is 11.3 Å². The predicted molar refractivity (Wildman–Crippen MR) is 120 cm³/mol. The lowest BCUT2D eigenvalue weighted by Crippen LogP contribution is -2.27. The van der Waals surface area contributed by atoms with Crippen molar-refractivity contribution in [3.05, 3.63) is 93.8 Å². The summed E-state index contributed by atoms with van der Waals surface area (Å²) in [6.07, 6.45) is 0. The number of carbonyl (C=O) groups excluding carboxylic acids is 1. The molecule has 0 aromatic heterocycles. The minimum absolute atomic E-state index is 0.000494. The zero-order valence-electron chi connectivity index (χ0n) is 17.2. The Kier molecular flexibility index (Phi) is 6.67. The predicted octanol–water partition coefficient (Wildman–Crippen LogP) is 5.39. The highest BCUT2D eigenvalue weighted by atomic mass is 35.5. The molecule has 0 spiro atoms. The van der Waals surface area contributed by atoms with Gasteiger partial charge in [-0.1, -0.05) is 29.8 Å². The van der Waals surface area contributed by atoms with Crippen LogP contribution in [-0.4, -0.2) is 14.3 Å². The Morgan fingerprint density at radius 1 is 0.968 bits per heavy atom. The molecule has 0 aliphatic carbocycles. The van der Waals surface area contributed by atoms with Crippen LogP contribution in [0, 0.1) is 19.7 Å². The third kappa shape index (κ3) is 5.42. The molecule has 162 valence electrons. The van der Waals surface area contributed by atoms with Gasteiger partial charge in [0, 0.05) is 11.3 Å². The normalized spacial score (nSPS) is 12.3. The molecule has 3 aromatic rings. The van der Waals surface area contributed by atoms with Gasteiger partial charge in [-0.15, -0.1) is 0 Å². The number of hydrogen-bond donors (Lipinski definition) is 2. The van der Waals surface area contributed by atoms with Crippen LogP contribution in [0.25, 0.3) is 0 Å². The third-order valence-electron chi connectivity index (χ3n) is 4.96. The van der Waals surface area contributed by atoms with Crippen LogP contribution in [0.2, 0.25) is 5.02 Å². The average Bonchev–Trinajstić information content (AvgIpc) is 2.71. The van der Waals surface area contributed by atoms with Crippen LogP contribution in [0.5, 0.6) is 0 Å². The Labute approximate surface area is 186 Å². The largest absolute Gasteiger partial charge is 0.346 e. The van der Waals surface area contributed by atoms with Gasteiger partial charge in [0.1, 0.15) is 10.7 Å². The molecule has 3 rings (SSSR count). The lowest BCUT2D eigenvalue weighted by molar-refractivity contribution is 0.0939. The van der Waals surface area contributed by atoms with Gasteiger partial charge >= 0.3 is 0 Å². The van der Waals surface area contributed by atoms with Crippen molar-refractivity contribution in [3.8, 4) is 0 Å². The molecule has 1 unspecified atom stereocenters. The van der Waals surface area contributed by atoms with E-state index >= 15 is 0 Å². The molecule has 2 N–H and O–H groups in total. The number of halogens is 2. The fourth-order valence-electron chi connectivity index (χ4n) is 2.98. The van der Waals surface area contributed by atoms with Crippen LogP contribution in [0.1, 0.15) is 40.0 Å². The topological polar surface area (TPSA) is 75.3 Å². The molecule has 1 atom stereocenters. The van der Waals surface area contributed by atoms with E-state index in [9.17, 15) is 17.6 Å². The number of aryl methyl sites for hydroxylation is 2. The van der Waals surface area contributed by atoms with E-state index in [1.165, 1.54) is 30.3 Å². The molecule has 0 heterocycles. The first kappa shape index (κ1) is 22.8. The summed E-state index contributed by atoms with van der Waals surface area (Å²) in [6, 6.07) is 14.6. The van der Waals surface area contributed by atoms with E-state index in [2.05, 4.69) is 10.0 Å². The molecule has 0 saturated carbocycles. The quantitative estimate of drug-likeness (QED) is 0.518. The van der Waals surface area contributed by atoms with E-state index in [-0.39, 0.29) is 21.3 Å². The van der Waals surface area contributed by atoms with Crippen molar-refractivity contribution in [2.45, 2.75) is 31.7 Å². The highest BCUT2D eigenvalue weighted by molar-refractivity contribution is 7.92. The van der Waals surface area contributed by atoms with Crippen molar-refractivity contribution in [3.63, 3.8) is 0 Å². The molecule has 0 aliphatic heterocycles. The van der Waals surface area contributed by atoms with E-state index in [1.807, 2.05) is 19.9 Å². The first-order valence-electron chi connectivity index (χ1n) is 9.53. The van der Waals surface area contributed by atoms with Crippen LogP contribution in [0.4, 0.5) is 10.1 Å². The lowest BCUT2D eigenvalue weighted by Gasteiger charge is -2.16. The maximum Gasteiger partial charge on any atom is 0.263 e. The van der Waals surface area contributed by atoms with E-state index in [1.54, 1.807) is 31.2 Å². The highest BCUT2D eigenvalue weighted by Gasteiger charge is 2.21. The van der Waals surface area contributed by atoms with E-state index < -0.39 is 22.0 Å². The Hall–Kier alpha value is -2.90. The molecule has 31 heavy (non-hydrogen) atoms. The Balaban J connectivity index is 1.83. The number of hydrogen-bond acceptors (Lipinski definition) is 3. The van der Waals surface area contributed by atoms with Gasteiger partial charge in [0.05, 0.1) is 11.1 Å². The van der Waals surface area contributed by atoms with Crippen molar-refractivity contribution in [2.75, 3.05) is 4.72 Å². The van der Waals surface area contributed by atoms with Gasteiger partial charge in [-0.3, -0.25) is 9.52 Å². The van der Waals surface area contributed by atoms with Crippen molar-refractivity contribution in [2.24, 2.45) is 0 Å². The number of sulfonamides is 1. The fraction of sp³-hybridized carbons (Fsp3) is 0.174. The van der Waals surface area contributed by atoms with Crippen molar-refractivity contribution >= 4 is 33.2 Å². The second-order valence-corrected chi connectivity index (χ2v) is 9.35. The average molecular weight is 461 g/mol. The molecule has 0 radical (unpaired) electrons. The Morgan fingerprint density at radius 3 is 2.29 bits per heavy atom. The van der Waals surface area contributed by atoms with Crippen molar-refractivity contribution in [1.82, 2.24) is 5.32 Å². The van der Waals surface area contributed by atoms with Crippen LogP contribution in [-0.2, 0) is 10.0 Å². The fourth-order valence-corrected chi connectivity index (χ4v) is 4.56. The van der Waals surface area contributed by atoms with Gasteiger partial charge in [0.15, 0.2) is 0 Å². The lowest BCUT2D eigenvalue weighted by atomic mass is 10.1. The smallest absolute Gasteiger partial charge is 0.263 e. The maximum absolute atomic E-state index is 13.1. The van der Waals surface area contributed by atoms with Gasteiger partial charge in [-0.25, -0.2) is 12.8 Å². The summed E-state index contributed by atoms with van der Waals surface area (Å²) in [6.45, 7) is 5.56. The molecule has 0 saturated heterocycles. The summed E-state index contributed by atoms with van der Waals surface area (Å²) < 4.78 is 41.4. The first-order chi connectivity index (χ1) is 14.6. The van der Waals surface area contributed by atoms with Gasteiger partial charge in [-0.2, -0.15) is 0 Å². The van der Waals surface area contributed by atoms with Crippen LogP contribution >= 0.6 is 11.6 Å². The van der Waals surface area contributed by atoms with Crippen molar-refractivity contribution in [1.29, 1.82) is 0 Å². The summed E-state index contributed by atoms with van der Waals surface area (Å²) in [5.74, 6) is -0.845. The number of carbonyl (C=O) groups is 1. The molecule has 8 heteroatoms. The summed E-state index contributed by atoms with van der Waals surface area (Å²) in [7, 11) is -4.02. The molecule has 0 aliphatic rings. The number of nitrogens with one attached hydrogen (secondary N) is 2. The second-order valence-electron chi connectivity index (χ2n) is 7.30. The number of anilines is 1. The van der Waals surface area contributed by atoms with Crippen LogP contribution in [0.3, 0.4) is 0 Å². The van der Waals surface area contributed by atoms with Gasteiger partial charge in [0.25, 0.3) is 15.9 Å². The molecule has 0 bridgehead atoms.